The first kappa shape index (κ1) is 15.0. The summed E-state index contributed by atoms with van der Waals surface area (Å²) in [5, 5.41) is 9.22. The molecule has 0 aromatic heterocycles. The van der Waals surface area contributed by atoms with Gasteiger partial charge in [0.2, 0.25) is 5.91 Å². The predicted molar refractivity (Wildman–Crippen MR) is 80.5 cm³/mol. The Morgan fingerprint density at radius 2 is 2.00 bits per heavy atom. The smallest absolute Gasteiger partial charge is 0.230 e. The van der Waals surface area contributed by atoms with Crippen molar-refractivity contribution >= 4 is 5.91 Å². The molecule has 1 aromatic rings. The highest BCUT2D eigenvalue weighted by Crippen LogP contribution is 2.34. The van der Waals surface area contributed by atoms with E-state index < -0.39 is 0 Å². The van der Waals surface area contributed by atoms with E-state index in [0.29, 0.717) is 18.5 Å². The van der Waals surface area contributed by atoms with E-state index in [4.69, 9.17) is 0 Å². The van der Waals surface area contributed by atoms with Crippen molar-refractivity contribution in [3.8, 4) is 0 Å². The second kappa shape index (κ2) is 6.89. The summed E-state index contributed by atoms with van der Waals surface area (Å²) in [5.41, 5.74) is 1.09. The standard InChI is InChI=1S/C17H25NO2/c1-3-13(2)16(14-7-5-4-6-8-14)17(20)18(11-12-19)15-9-10-15/h4-8,13,15-16,19H,3,9-12H2,1-2H3. The minimum Gasteiger partial charge on any atom is -0.395 e. The summed E-state index contributed by atoms with van der Waals surface area (Å²) in [6.07, 6.45) is 3.13. The maximum Gasteiger partial charge on any atom is 0.230 e. The van der Waals surface area contributed by atoms with Crippen LogP contribution in [0.2, 0.25) is 0 Å². The Morgan fingerprint density at radius 1 is 1.35 bits per heavy atom. The molecule has 1 N–H and O–H groups in total. The molecule has 1 aliphatic carbocycles. The van der Waals surface area contributed by atoms with Crippen molar-refractivity contribution in [1.82, 2.24) is 4.90 Å². The zero-order chi connectivity index (χ0) is 14.5. The molecule has 2 rings (SSSR count). The number of rotatable bonds is 7. The van der Waals surface area contributed by atoms with Gasteiger partial charge < -0.3 is 10.0 Å². The number of carbonyl (C=O) groups is 1. The van der Waals surface area contributed by atoms with Gasteiger partial charge in [-0.1, -0.05) is 50.6 Å². The van der Waals surface area contributed by atoms with E-state index in [1.54, 1.807) is 0 Å². The second-order valence-corrected chi connectivity index (χ2v) is 5.76. The van der Waals surface area contributed by atoms with Crippen molar-refractivity contribution < 1.29 is 9.90 Å². The van der Waals surface area contributed by atoms with Crippen LogP contribution in [0.15, 0.2) is 30.3 Å². The Hall–Kier alpha value is -1.35. The van der Waals surface area contributed by atoms with Gasteiger partial charge in [0.25, 0.3) is 0 Å². The van der Waals surface area contributed by atoms with Crippen LogP contribution in [-0.4, -0.2) is 35.1 Å². The van der Waals surface area contributed by atoms with E-state index in [0.717, 1.165) is 24.8 Å². The number of hydrogen-bond donors (Lipinski definition) is 1. The van der Waals surface area contributed by atoms with Crippen LogP contribution in [0, 0.1) is 5.92 Å². The van der Waals surface area contributed by atoms with E-state index in [9.17, 15) is 9.90 Å². The molecule has 3 nitrogen and oxygen atoms in total. The Balaban J connectivity index is 2.23. The number of nitrogens with zero attached hydrogens (tertiary/aromatic N) is 1. The van der Waals surface area contributed by atoms with Gasteiger partial charge in [-0.15, -0.1) is 0 Å². The van der Waals surface area contributed by atoms with Crippen molar-refractivity contribution in [1.29, 1.82) is 0 Å². The average Bonchev–Trinajstić information content (AvgIpc) is 3.30. The fraction of sp³-hybridized carbons (Fsp3) is 0.588. The number of hydrogen-bond acceptors (Lipinski definition) is 2. The largest absolute Gasteiger partial charge is 0.395 e. The predicted octanol–water partition coefficient (Wildman–Crippen LogP) is 2.80. The van der Waals surface area contributed by atoms with Crippen molar-refractivity contribution in [2.24, 2.45) is 5.92 Å². The lowest BCUT2D eigenvalue weighted by atomic mass is 9.84. The summed E-state index contributed by atoms with van der Waals surface area (Å²) in [6, 6.07) is 10.4. The lowest BCUT2D eigenvalue weighted by Gasteiger charge is -2.30. The van der Waals surface area contributed by atoms with Crippen molar-refractivity contribution in [3.05, 3.63) is 35.9 Å². The molecule has 0 radical (unpaired) electrons. The quantitative estimate of drug-likeness (QED) is 0.831. The number of carbonyl (C=O) groups excluding carboxylic acids is 1. The van der Waals surface area contributed by atoms with Gasteiger partial charge in [-0.3, -0.25) is 4.79 Å². The van der Waals surface area contributed by atoms with Crippen LogP contribution >= 0.6 is 0 Å². The van der Waals surface area contributed by atoms with Gasteiger partial charge in [-0.25, -0.2) is 0 Å². The normalized spacial score (nSPS) is 17.6. The summed E-state index contributed by atoms with van der Waals surface area (Å²) < 4.78 is 0. The fourth-order valence-corrected chi connectivity index (χ4v) is 2.76. The molecule has 110 valence electrons. The molecule has 20 heavy (non-hydrogen) atoms. The summed E-state index contributed by atoms with van der Waals surface area (Å²) in [6.45, 7) is 4.77. The fourth-order valence-electron chi connectivity index (χ4n) is 2.76. The molecule has 1 saturated carbocycles. The molecule has 3 heteroatoms. The van der Waals surface area contributed by atoms with Crippen LogP contribution in [0.3, 0.4) is 0 Å². The Bertz CT molecular complexity index is 428. The zero-order valence-corrected chi connectivity index (χ0v) is 12.5. The second-order valence-electron chi connectivity index (χ2n) is 5.76. The first-order chi connectivity index (χ1) is 9.69. The summed E-state index contributed by atoms with van der Waals surface area (Å²) in [4.78, 5) is 14.8. The van der Waals surface area contributed by atoms with Crippen LogP contribution in [0.4, 0.5) is 0 Å². The van der Waals surface area contributed by atoms with Gasteiger partial charge in [0.1, 0.15) is 0 Å². The average molecular weight is 275 g/mol. The first-order valence-electron chi connectivity index (χ1n) is 7.65. The Kier molecular flexibility index (Phi) is 5.18. The van der Waals surface area contributed by atoms with E-state index in [1.807, 2.05) is 35.2 Å². The van der Waals surface area contributed by atoms with Gasteiger partial charge in [0.05, 0.1) is 12.5 Å². The van der Waals surface area contributed by atoms with Crippen molar-refractivity contribution in [2.45, 2.75) is 45.1 Å². The SMILES string of the molecule is CCC(C)C(C(=O)N(CCO)C1CC1)c1ccccc1. The maximum atomic E-state index is 12.9. The summed E-state index contributed by atoms with van der Waals surface area (Å²) in [5.74, 6) is 0.403. The van der Waals surface area contributed by atoms with Gasteiger partial charge in [0, 0.05) is 12.6 Å². The first-order valence-corrected chi connectivity index (χ1v) is 7.65. The van der Waals surface area contributed by atoms with Crippen LogP contribution < -0.4 is 0 Å². The van der Waals surface area contributed by atoms with Gasteiger partial charge in [-0.2, -0.15) is 0 Å². The lowest BCUT2D eigenvalue weighted by Crippen LogP contribution is -2.40. The molecule has 0 aliphatic heterocycles. The summed E-state index contributed by atoms with van der Waals surface area (Å²) in [7, 11) is 0. The molecule has 0 heterocycles. The highest BCUT2D eigenvalue weighted by Gasteiger charge is 2.37. The molecule has 0 bridgehead atoms. The molecular formula is C17H25NO2. The number of amides is 1. The minimum absolute atomic E-state index is 0.0459. The molecular weight excluding hydrogens is 250 g/mol. The van der Waals surface area contributed by atoms with E-state index in [-0.39, 0.29) is 18.4 Å². The molecule has 0 saturated heterocycles. The zero-order valence-electron chi connectivity index (χ0n) is 12.5. The van der Waals surface area contributed by atoms with E-state index >= 15 is 0 Å². The third-order valence-electron chi connectivity index (χ3n) is 4.25. The monoisotopic (exact) mass is 275 g/mol. The van der Waals surface area contributed by atoms with Crippen LogP contribution in [0.1, 0.15) is 44.6 Å². The number of aliphatic hydroxyl groups excluding tert-OH is 1. The number of aliphatic hydroxyl groups is 1. The molecule has 2 atom stereocenters. The number of benzene rings is 1. The molecule has 1 aromatic carbocycles. The van der Waals surface area contributed by atoms with Gasteiger partial charge >= 0.3 is 0 Å². The van der Waals surface area contributed by atoms with E-state index in [1.165, 1.54) is 0 Å². The van der Waals surface area contributed by atoms with Crippen LogP contribution in [0.5, 0.6) is 0 Å². The van der Waals surface area contributed by atoms with Crippen LogP contribution in [0.25, 0.3) is 0 Å². The molecule has 0 spiro atoms. The molecule has 1 fully saturated rings. The Labute approximate surface area is 121 Å². The molecule has 1 aliphatic rings. The highest BCUT2D eigenvalue weighted by molar-refractivity contribution is 5.84. The third-order valence-corrected chi connectivity index (χ3v) is 4.25. The molecule has 1 amide bonds. The topological polar surface area (TPSA) is 40.5 Å². The van der Waals surface area contributed by atoms with Crippen molar-refractivity contribution in [2.75, 3.05) is 13.2 Å². The minimum atomic E-state index is -0.0895. The molecule has 2 unspecified atom stereocenters. The van der Waals surface area contributed by atoms with E-state index in [2.05, 4.69) is 13.8 Å². The van der Waals surface area contributed by atoms with Crippen LogP contribution in [-0.2, 0) is 4.79 Å². The highest BCUT2D eigenvalue weighted by atomic mass is 16.3. The summed E-state index contributed by atoms with van der Waals surface area (Å²) >= 11 is 0. The third kappa shape index (κ3) is 3.40. The van der Waals surface area contributed by atoms with Gasteiger partial charge in [-0.05, 0) is 24.3 Å². The lowest BCUT2D eigenvalue weighted by molar-refractivity contribution is -0.135. The Morgan fingerprint density at radius 3 is 2.50 bits per heavy atom. The maximum absolute atomic E-state index is 12.9. The van der Waals surface area contributed by atoms with Gasteiger partial charge in [0.15, 0.2) is 0 Å². The van der Waals surface area contributed by atoms with Crippen molar-refractivity contribution in [3.63, 3.8) is 0 Å².